The minimum Gasteiger partial charge on any atom is -0.378 e. The zero-order valence-corrected chi connectivity index (χ0v) is 14.9. The summed E-state index contributed by atoms with van der Waals surface area (Å²) in [5, 5.41) is 10.0. The Hall–Kier alpha value is -0.380. The third kappa shape index (κ3) is 13.0. The van der Waals surface area contributed by atoms with Gasteiger partial charge in [0.15, 0.2) is 0 Å². The van der Waals surface area contributed by atoms with Crippen molar-refractivity contribution in [2.24, 2.45) is 0 Å². The Morgan fingerprint density at radius 1 is 0.857 bits per heavy atom. The van der Waals surface area contributed by atoms with Gasteiger partial charge >= 0.3 is 0 Å². The Kier molecular flexibility index (Phi) is 14.3. The molecule has 0 bridgehead atoms. The van der Waals surface area contributed by atoms with Crippen LogP contribution in [0.5, 0.6) is 0 Å². The van der Waals surface area contributed by atoms with E-state index in [0.717, 1.165) is 25.9 Å². The van der Waals surface area contributed by atoms with E-state index in [4.69, 9.17) is 0 Å². The summed E-state index contributed by atoms with van der Waals surface area (Å²) in [6.45, 7) is 7.75. The molecule has 126 valence electrons. The molecule has 0 aliphatic rings. The van der Waals surface area contributed by atoms with Gasteiger partial charge in [0, 0.05) is 19.5 Å². The topological polar surface area (TPSA) is 26.7 Å². The van der Waals surface area contributed by atoms with Gasteiger partial charge in [-0.2, -0.15) is 0 Å². The summed E-state index contributed by atoms with van der Waals surface area (Å²) in [7, 11) is 4.20. The molecule has 0 aliphatic carbocycles. The third-order valence-electron chi connectivity index (χ3n) is 3.96. The summed E-state index contributed by atoms with van der Waals surface area (Å²) in [6.07, 6.45) is 13.4. The second kappa shape index (κ2) is 14.6. The van der Waals surface area contributed by atoms with E-state index >= 15 is 0 Å². The quantitative estimate of drug-likeness (QED) is 0.299. The predicted octanol–water partition coefficient (Wildman–Crippen LogP) is 3.89. The number of aliphatic hydroxyl groups excluding tert-OH is 1. The molecule has 3 nitrogen and oxygen atoms in total. The van der Waals surface area contributed by atoms with Gasteiger partial charge in [0.25, 0.3) is 0 Å². The van der Waals surface area contributed by atoms with Crippen molar-refractivity contribution >= 4 is 0 Å². The number of aliphatic hydroxyl groups is 1. The fraction of sp³-hybridized carbons (Fsp3) is 0.889. The molecule has 0 saturated heterocycles. The fourth-order valence-electron chi connectivity index (χ4n) is 2.31. The van der Waals surface area contributed by atoms with Crippen molar-refractivity contribution in [2.75, 3.05) is 33.7 Å². The van der Waals surface area contributed by atoms with Gasteiger partial charge in [-0.1, -0.05) is 51.7 Å². The largest absolute Gasteiger partial charge is 0.378 e. The van der Waals surface area contributed by atoms with Crippen LogP contribution < -0.4 is 0 Å². The van der Waals surface area contributed by atoms with Crippen molar-refractivity contribution < 1.29 is 5.11 Å². The van der Waals surface area contributed by atoms with Gasteiger partial charge in [-0.3, -0.25) is 4.90 Å². The predicted molar refractivity (Wildman–Crippen MR) is 93.6 cm³/mol. The highest BCUT2D eigenvalue weighted by molar-refractivity contribution is 4.84. The Balaban J connectivity index is 3.60. The lowest BCUT2D eigenvalue weighted by molar-refractivity contribution is 0.0241. The molecule has 0 spiro atoms. The molecule has 0 saturated carbocycles. The molecule has 0 heterocycles. The maximum absolute atomic E-state index is 10.0. The van der Waals surface area contributed by atoms with Gasteiger partial charge in [0.05, 0.1) is 0 Å². The van der Waals surface area contributed by atoms with Crippen molar-refractivity contribution in [2.45, 2.75) is 71.4 Å². The first-order valence-corrected chi connectivity index (χ1v) is 8.83. The monoisotopic (exact) mass is 298 g/mol. The SMILES string of the molecule is CCCCCN(C)CCC=CCC(O)N(C)CCCCC. The van der Waals surface area contributed by atoms with Gasteiger partial charge in [-0.05, 0) is 39.9 Å². The molecule has 0 amide bonds. The third-order valence-corrected chi connectivity index (χ3v) is 3.96. The van der Waals surface area contributed by atoms with Gasteiger partial charge in [-0.25, -0.2) is 0 Å². The van der Waals surface area contributed by atoms with Crippen molar-refractivity contribution in [3.8, 4) is 0 Å². The van der Waals surface area contributed by atoms with E-state index in [1.165, 1.54) is 45.1 Å². The van der Waals surface area contributed by atoms with Crippen LogP contribution in [0.3, 0.4) is 0 Å². The lowest BCUT2D eigenvalue weighted by Gasteiger charge is -2.22. The minimum atomic E-state index is -0.333. The molecule has 21 heavy (non-hydrogen) atoms. The van der Waals surface area contributed by atoms with E-state index in [9.17, 15) is 5.11 Å². The molecule has 1 N–H and O–H groups in total. The number of hydrogen-bond donors (Lipinski definition) is 1. The Bertz CT molecular complexity index is 243. The maximum atomic E-state index is 10.0. The zero-order chi connectivity index (χ0) is 15.9. The van der Waals surface area contributed by atoms with Crippen LogP contribution in [0.1, 0.15) is 65.2 Å². The smallest absolute Gasteiger partial charge is 0.110 e. The van der Waals surface area contributed by atoms with E-state index in [-0.39, 0.29) is 6.23 Å². The summed E-state index contributed by atoms with van der Waals surface area (Å²) >= 11 is 0. The summed E-state index contributed by atoms with van der Waals surface area (Å²) < 4.78 is 0. The van der Waals surface area contributed by atoms with Gasteiger partial charge in [-0.15, -0.1) is 0 Å². The zero-order valence-electron chi connectivity index (χ0n) is 14.9. The van der Waals surface area contributed by atoms with Gasteiger partial charge in [0.1, 0.15) is 6.23 Å². The first kappa shape index (κ1) is 20.6. The molecule has 0 rings (SSSR count). The number of unbranched alkanes of at least 4 members (excludes halogenated alkanes) is 4. The molecule has 0 aliphatic heterocycles. The molecule has 1 atom stereocenters. The average molecular weight is 299 g/mol. The van der Waals surface area contributed by atoms with Crippen molar-refractivity contribution in [3.63, 3.8) is 0 Å². The molecule has 3 heteroatoms. The molecular formula is C18H38N2O. The second-order valence-electron chi connectivity index (χ2n) is 6.17. The Morgan fingerprint density at radius 3 is 2.10 bits per heavy atom. The Labute approximate surface area is 133 Å². The van der Waals surface area contributed by atoms with Crippen LogP contribution in [0, 0.1) is 0 Å². The van der Waals surface area contributed by atoms with E-state index in [1.807, 2.05) is 7.05 Å². The van der Waals surface area contributed by atoms with E-state index in [0.29, 0.717) is 0 Å². The molecule has 0 aromatic heterocycles. The minimum absolute atomic E-state index is 0.333. The van der Waals surface area contributed by atoms with Crippen LogP contribution in [-0.2, 0) is 0 Å². The lowest BCUT2D eigenvalue weighted by Crippen LogP contribution is -2.31. The van der Waals surface area contributed by atoms with E-state index in [2.05, 4.69) is 42.8 Å². The van der Waals surface area contributed by atoms with Gasteiger partial charge < -0.3 is 10.0 Å². The number of rotatable bonds is 14. The van der Waals surface area contributed by atoms with E-state index < -0.39 is 0 Å². The van der Waals surface area contributed by atoms with Crippen LogP contribution >= 0.6 is 0 Å². The molecular weight excluding hydrogens is 260 g/mol. The molecule has 1 unspecified atom stereocenters. The molecule has 0 aromatic carbocycles. The highest BCUT2D eigenvalue weighted by Crippen LogP contribution is 2.04. The van der Waals surface area contributed by atoms with Crippen LogP contribution in [0.25, 0.3) is 0 Å². The summed E-state index contributed by atoms with van der Waals surface area (Å²) in [5.74, 6) is 0. The summed E-state index contributed by atoms with van der Waals surface area (Å²) in [6, 6.07) is 0. The first-order valence-electron chi connectivity index (χ1n) is 8.83. The number of nitrogens with zero attached hydrogens (tertiary/aromatic N) is 2. The number of hydrogen-bond acceptors (Lipinski definition) is 3. The molecule has 0 aromatic rings. The maximum Gasteiger partial charge on any atom is 0.110 e. The lowest BCUT2D eigenvalue weighted by atomic mass is 10.2. The van der Waals surface area contributed by atoms with Crippen LogP contribution in [0.2, 0.25) is 0 Å². The average Bonchev–Trinajstić information content (AvgIpc) is 2.47. The van der Waals surface area contributed by atoms with Crippen LogP contribution in [0.15, 0.2) is 12.2 Å². The fourth-order valence-corrected chi connectivity index (χ4v) is 2.31. The highest BCUT2D eigenvalue weighted by Gasteiger charge is 2.07. The molecule has 0 fully saturated rings. The second-order valence-corrected chi connectivity index (χ2v) is 6.17. The Morgan fingerprint density at radius 2 is 1.48 bits per heavy atom. The standard InChI is InChI=1S/C18H38N2O/c1-5-7-11-15-19(3)16-13-9-10-14-18(21)20(4)17-12-8-6-2/h9-10,18,21H,5-8,11-17H2,1-4H3. The summed E-state index contributed by atoms with van der Waals surface area (Å²) in [5.41, 5.74) is 0. The van der Waals surface area contributed by atoms with E-state index in [1.54, 1.807) is 0 Å². The summed E-state index contributed by atoms with van der Waals surface area (Å²) in [4.78, 5) is 4.45. The van der Waals surface area contributed by atoms with Gasteiger partial charge in [0.2, 0.25) is 0 Å². The first-order chi connectivity index (χ1) is 10.1. The normalized spacial score (nSPS) is 13.7. The highest BCUT2D eigenvalue weighted by atomic mass is 16.3. The van der Waals surface area contributed by atoms with Crippen molar-refractivity contribution in [1.82, 2.24) is 9.80 Å². The van der Waals surface area contributed by atoms with Crippen molar-refractivity contribution in [3.05, 3.63) is 12.2 Å². The molecule has 0 radical (unpaired) electrons. The van der Waals surface area contributed by atoms with Crippen molar-refractivity contribution in [1.29, 1.82) is 0 Å². The van der Waals surface area contributed by atoms with Crippen LogP contribution in [-0.4, -0.2) is 54.9 Å². The van der Waals surface area contributed by atoms with Crippen LogP contribution in [0.4, 0.5) is 0 Å².